The summed E-state index contributed by atoms with van der Waals surface area (Å²) in [5.41, 5.74) is 1.10. The molecule has 0 aromatic heterocycles. The van der Waals surface area contributed by atoms with Crippen molar-refractivity contribution in [2.24, 2.45) is 0 Å². The molecule has 0 saturated carbocycles. The highest BCUT2D eigenvalue weighted by atomic mass is 35.5. The number of sulfonamides is 1. The number of anilines is 1. The van der Waals surface area contributed by atoms with Gasteiger partial charge in [0.25, 0.3) is 0 Å². The van der Waals surface area contributed by atoms with Gasteiger partial charge in [0, 0.05) is 17.6 Å². The third-order valence-electron chi connectivity index (χ3n) is 5.69. The Morgan fingerprint density at radius 2 is 1.63 bits per heavy atom. The fourth-order valence-electron chi connectivity index (χ4n) is 3.51. The molecule has 2 rings (SSSR count). The molecule has 10 heteroatoms. The maximum absolute atomic E-state index is 13.6. The van der Waals surface area contributed by atoms with Gasteiger partial charge in [-0.2, -0.15) is 0 Å². The molecule has 0 bridgehead atoms. The fraction of sp³-hybridized carbons (Fsp3) is 0.440. The quantitative estimate of drug-likeness (QED) is 0.456. The third-order valence-corrected chi connectivity index (χ3v) is 7.09. The first-order chi connectivity index (χ1) is 16.5. The first kappa shape index (κ1) is 28.5. The van der Waals surface area contributed by atoms with E-state index in [0.29, 0.717) is 22.9 Å². The van der Waals surface area contributed by atoms with Gasteiger partial charge in [-0.25, -0.2) is 8.42 Å². The zero-order valence-electron chi connectivity index (χ0n) is 20.8. The molecule has 0 aliphatic heterocycles. The standard InChI is InChI=1S/C25H34ClN3O5S/c1-6-18(3)27-25(31)23(7-2)28(16-19-8-14-22(34-4)15-9-19)24(30)17-29(35(5,32)33)21-12-10-20(26)11-13-21/h8-15,18,23H,6-7,16-17H2,1-5H3,(H,27,31)/t18-,23-/m0/s1. The van der Waals surface area contributed by atoms with Crippen LogP contribution in [0.5, 0.6) is 5.75 Å². The van der Waals surface area contributed by atoms with Crippen LogP contribution in [0, 0.1) is 0 Å². The van der Waals surface area contributed by atoms with Crippen LogP contribution in [-0.2, 0) is 26.2 Å². The third kappa shape index (κ3) is 8.14. The predicted molar refractivity (Wildman–Crippen MR) is 139 cm³/mol. The molecule has 0 saturated heterocycles. The lowest BCUT2D eigenvalue weighted by molar-refractivity contribution is -0.140. The van der Waals surface area contributed by atoms with Gasteiger partial charge >= 0.3 is 0 Å². The molecular weight excluding hydrogens is 490 g/mol. The van der Waals surface area contributed by atoms with Crippen LogP contribution in [0.3, 0.4) is 0 Å². The van der Waals surface area contributed by atoms with Crippen molar-refractivity contribution in [2.45, 2.75) is 52.2 Å². The zero-order valence-corrected chi connectivity index (χ0v) is 22.4. The molecule has 2 amide bonds. The van der Waals surface area contributed by atoms with Crippen molar-refractivity contribution < 1.29 is 22.7 Å². The largest absolute Gasteiger partial charge is 0.497 e. The van der Waals surface area contributed by atoms with Crippen molar-refractivity contribution in [1.29, 1.82) is 0 Å². The Hall–Kier alpha value is -2.78. The molecule has 1 N–H and O–H groups in total. The summed E-state index contributed by atoms with van der Waals surface area (Å²) in [4.78, 5) is 28.2. The van der Waals surface area contributed by atoms with Crippen molar-refractivity contribution in [3.05, 3.63) is 59.1 Å². The van der Waals surface area contributed by atoms with E-state index >= 15 is 0 Å². The second-order valence-corrected chi connectivity index (χ2v) is 10.7. The SMILES string of the molecule is CC[C@H](C)NC(=O)[C@H](CC)N(Cc1ccc(OC)cc1)C(=O)CN(c1ccc(Cl)cc1)S(C)(=O)=O. The van der Waals surface area contributed by atoms with Crippen molar-refractivity contribution in [3.63, 3.8) is 0 Å². The average molecular weight is 524 g/mol. The van der Waals surface area contributed by atoms with E-state index in [1.54, 1.807) is 31.4 Å². The van der Waals surface area contributed by atoms with Gasteiger partial charge in [0.15, 0.2) is 0 Å². The number of hydrogen-bond donors (Lipinski definition) is 1. The lowest BCUT2D eigenvalue weighted by atomic mass is 10.1. The summed E-state index contributed by atoms with van der Waals surface area (Å²) in [6, 6.07) is 12.5. The maximum Gasteiger partial charge on any atom is 0.244 e. The van der Waals surface area contributed by atoms with Crippen molar-refractivity contribution in [3.8, 4) is 5.75 Å². The Morgan fingerprint density at radius 3 is 2.11 bits per heavy atom. The second kappa shape index (κ2) is 12.8. The number of amides is 2. The zero-order chi connectivity index (χ0) is 26.2. The van der Waals surface area contributed by atoms with Crippen LogP contribution in [0.25, 0.3) is 0 Å². The van der Waals surface area contributed by atoms with Crippen molar-refractivity contribution >= 4 is 39.1 Å². The molecule has 2 aromatic carbocycles. The van der Waals surface area contributed by atoms with Crippen LogP contribution in [-0.4, -0.2) is 57.1 Å². The monoisotopic (exact) mass is 523 g/mol. The molecule has 0 aliphatic carbocycles. The Balaban J connectivity index is 2.42. The van der Waals surface area contributed by atoms with Crippen LogP contribution in [0.2, 0.25) is 5.02 Å². The van der Waals surface area contributed by atoms with Gasteiger partial charge in [-0.3, -0.25) is 13.9 Å². The predicted octanol–water partition coefficient (Wildman–Crippen LogP) is 3.84. The number of ether oxygens (including phenoxy) is 1. The van der Waals surface area contributed by atoms with Crippen molar-refractivity contribution in [1.82, 2.24) is 10.2 Å². The highest BCUT2D eigenvalue weighted by molar-refractivity contribution is 7.92. The highest BCUT2D eigenvalue weighted by Gasteiger charge is 2.32. The molecule has 2 aromatic rings. The summed E-state index contributed by atoms with van der Waals surface area (Å²) in [7, 11) is -2.23. The van der Waals surface area contributed by atoms with Crippen molar-refractivity contribution in [2.75, 3.05) is 24.2 Å². The minimum Gasteiger partial charge on any atom is -0.497 e. The number of carbonyl (C=O) groups is 2. The van der Waals surface area contributed by atoms with E-state index in [0.717, 1.165) is 22.5 Å². The number of rotatable bonds is 12. The van der Waals surface area contributed by atoms with E-state index in [1.165, 1.54) is 17.0 Å². The lowest BCUT2D eigenvalue weighted by Crippen LogP contribution is -2.53. The molecule has 8 nitrogen and oxygen atoms in total. The van der Waals surface area contributed by atoms with E-state index in [1.807, 2.05) is 32.9 Å². The average Bonchev–Trinajstić information content (AvgIpc) is 2.82. The second-order valence-electron chi connectivity index (χ2n) is 8.36. The number of methoxy groups -OCH3 is 1. The van der Waals surface area contributed by atoms with Gasteiger partial charge in [-0.05, 0) is 61.7 Å². The van der Waals surface area contributed by atoms with Gasteiger partial charge in [-0.1, -0.05) is 37.6 Å². The minimum atomic E-state index is -3.79. The smallest absolute Gasteiger partial charge is 0.244 e. The number of carbonyl (C=O) groups excluding carboxylic acids is 2. The van der Waals surface area contributed by atoms with E-state index in [4.69, 9.17) is 16.3 Å². The van der Waals surface area contributed by atoms with E-state index in [-0.39, 0.29) is 18.5 Å². The number of halogens is 1. The van der Waals surface area contributed by atoms with Gasteiger partial charge in [0.1, 0.15) is 18.3 Å². The van der Waals surface area contributed by atoms with Gasteiger partial charge < -0.3 is 15.0 Å². The summed E-state index contributed by atoms with van der Waals surface area (Å²) in [5.74, 6) is -0.104. The lowest BCUT2D eigenvalue weighted by Gasteiger charge is -2.33. The summed E-state index contributed by atoms with van der Waals surface area (Å²) < 4.78 is 31.4. The topological polar surface area (TPSA) is 96.0 Å². The highest BCUT2D eigenvalue weighted by Crippen LogP contribution is 2.22. The molecule has 0 spiro atoms. The van der Waals surface area contributed by atoms with Crippen LogP contribution < -0.4 is 14.4 Å². The molecular formula is C25H34ClN3O5S. The van der Waals surface area contributed by atoms with Gasteiger partial charge in [0.2, 0.25) is 21.8 Å². The molecule has 35 heavy (non-hydrogen) atoms. The van der Waals surface area contributed by atoms with E-state index < -0.39 is 28.5 Å². The molecule has 0 unspecified atom stereocenters. The fourth-order valence-corrected chi connectivity index (χ4v) is 4.48. The molecule has 0 fully saturated rings. The van der Waals surface area contributed by atoms with Crippen LogP contribution >= 0.6 is 11.6 Å². The number of hydrogen-bond acceptors (Lipinski definition) is 5. The molecule has 0 heterocycles. The molecule has 0 radical (unpaired) electrons. The Labute approximate surface area is 213 Å². The molecule has 192 valence electrons. The summed E-state index contributed by atoms with van der Waals surface area (Å²) in [6.07, 6.45) is 2.15. The Morgan fingerprint density at radius 1 is 1.03 bits per heavy atom. The number of nitrogens with one attached hydrogen (secondary N) is 1. The Bertz CT molecular complexity index is 1090. The van der Waals surface area contributed by atoms with Crippen LogP contribution in [0.15, 0.2) is 48.5 Å². The molecule has 2 atom stereocenters. The minimum absolute atomic E-state index is 0.0592. The summed E-state index contributed by atoms with van der Waals surface area (Å²) >= 11 is 5.95. The van der Waals surface area contributed by atoms with E-state index in [2.05, 4.69) is 5.32 Å². The van der Waals surface area contributed by atoms with E-state index in [9.17, 15) is 18.0 Å². The number of nitrogens with zero attached hydrogens (tertiary/aromatic N) is 2. The summed E-state index contributed by atoms with van der Waals surface area (Å²) in [6.45, 7) is 5.36. The summed E-state index contributed by atoms with van der Waals surface area (Å²) in [5, 5.41) is 3.39. The van der Waals surface area contributed by atoms with Gasteiger partial charge in [0.05, 0.1) is 19.1 Å². The Kier molecular flexibility index (Phi) is 10.4. The maximum atomic E-state index is 13.6. The first-order valence-electron chi connectivity index (χ1n) is 11.5. The normalized spacial score (nSPS) is 13.0. The first-order valence-corrected chi connectivity index (χ1v) is 13.7. The number of benzene rings is 2. The van der Waals surface area contributed by atoms with Gasteiger partial charge in [-0.15, -0.1) is 0 Å². The van der Waals surface area contributed by atoms with Crippen LogP contribution in [0.4, 0.5) is 5.69 Å². The molecule has 0 aliphatic rings. The van der Waals surface area contributed by atoms with Crippen LogP contribution in [0.1, 0.15) is 39.2 Å².